The van der Waals surface area contributed by atoms with Crippen molar-refractivity contribution in [3.05, 3.63) is 42.5 Å². The Labute approximate surface area is 136 Å². The Balaban J connectivity index is 2.44. The SMILES string of the molecule is COc1cccc(N(C)S(=O)(=O)c2ccc(OC)c(OC)c2)c1. The number of hydrogen-bond donors (Lipinski definition) is 0. The average molecular weight is 337 g/mol. The molecule has 2 aromatic rings. The van der Waals surface area contributed by atoms with E-state index in [0.717, 1.165) is 0 Å². The van der Waals surface area contributed by atoms with E-state index in [9.17, 15) is 8.42 Å². The number of sulfonamides is 1. The Morgan fingerprint density at radius 1 is 0.870 bits per heavy atom. The van der Waals surface area contributed by atoms with Crippen molar-refractivity contribution in [2.45, 2.75) is 4.90 Å². The summed E-state index contributed by atoms with van der Waals surface area (Å²) in [6, 6.07) is 11.3. The first-order valence-corrected chi connectivity index (χ1v) is 8.23. The first-order valence-electron chi connectivity index (χ1n) is 6.79. The molecule has 7 heteroatoms. The molecule has 0 heterocycles. The van der Waals surface area contributed by atoms with Crippen LogP contribution in [0.25, 0.3) is 0 Å². The lowest BCUT2D eigenvalue weighted by molar-refractivity contribution is 0.354. The molecule has 0 aromatic heterocycles. The molecule has 124 valence electrons. The fraction of sp³-hybridized carbons (Fsp3) is 0.250. The molecule has 0 unspecified atom stereocenters. The molecule has 0 saturated carbocycles. The minimum atomic E-state index is -3.73. The molecule has 0 aliphatic rings. The summed E-state index contributed by atoms with van der Waals surface area (Å²) >= 11 is 0. The van der Waals surface area contributed by atoms with Gasteiger partial charge < -0.3 is 14.2 Å². The Kier molecular flexibility index (Phi) is 5.00. The van der Waals surface area contributed by atoms with Gasteiger partial charge >= 0.3 is 0 Å². The van der Waals surface area contributed by atoms with Crippen molar-refractivity contribution in [2.75, 3.05) is 32.7 Å². The zero-order valence-electron chi connectivity index (χ0n) is 13.4. The van der Waals surface area contributed by atoms with Gasteiger partial charge in [0.2, 0.25) is 0 Å². The largest absolute Gasteiger partial charge is 0.497 e. The summed E-state index contributed by atoms with van der Waals surface area (Å²) in [6.07, 6.45) is 0. The van der Waals surface area contributed by atoms with Crippen molar-refractivity contribution >= 4 is 15.7 Å². The van der Waals surface area contributed by atoms with Crippen LogP contribution in [-0.4, -0.2) is 36.8 Å². The molecule has 0 bridgehead atoms. The Morgan fingerprint density at radius 2 is 1.57 bits per heavy atom. The van der Waals surface area contributed by atoms with Gasteiger partial charge in [-0.1, -0.05) is 6.07 Å². The zero-order chi connectivity index (χ0) is 17.0. The summed E-state index contributed by atoms with van der Waals surface area (Å²) in [5.74, 6) is 1.40. The molecule has 0 aliphatic carbocycles. The van der Waals surface area contributed by atoms with Gasteiger partial charge in [-0.3, -0.25) is 4.31 Å². The highest BCUT2D eigenvalue weighted by molar-refractivity contribution is 7.92. The first-order chi connectivity index (χ1) is 10.9. The van der Waals surface area contributed by atoms with Crippen LogP contribution in [-0.2, 0) is 10.0 Å². The highest BCUT2D eigenvalue weighted by Gasteiger charge is 2.23. The van der Waals surface area contributed by atoms with Crippen molar-refractivity contribution in [1.29, 1.82) is 0 Å². The number of anilines is 1. The molecule has 0 N–H and O–H groups in total. The standard InChI is InChI=1S/C16H19NO5S/c1-17(12-6-5-7-13(10-12)20-2)23(18,19)14-8-9-15(21-3)16(11-14)22-4/h5-11H,1-4H3. The molecular weight excluding hydrogens is 318 g/mol. The van der Waals surface area contributed by atoms with Crippen LogP contribution < -0.4 is 18.5 Å². The van der Waals surface area contributed by atoms with Gasteiger partial charge in [0.25, 0.3) is 10.0 Å². The number of ether oxygens (including phenoxy) is 3. The maximum absolute atomic E-state index is 12.8. The Bertz CT molecular complexity index is 789. The molecule has 0 fully saturated rings. The van der Waals surface area contributed by atoms with Gasteiger partial charge in [0.05, 0.1) is 31.9 Å². The third kappa shape index (κ3) is 3.34. The topological polar surface area (TPSA) is 65.1 Å². The number of rotatable bonds is 6. The van der Waals surface area contributed by atoms with Gasteiger partial charge in [-0.15, -0.1) is 0 Å². The number of hydrogen-bond acceptors (Lipinski definition) is 5. The van der Waals surface area contributed by atoms with Gasteiger partial charge in [0.1, 0.15) is 5.75 Å². The van der Waals surface area contributed by atoms with Crippen LogP contribution in [0.5, 0.6) is 17.2 Å². The summed E-state index contributed by atoms with van der Waals surface area (Å²) in [7, 11) is 2.24. The monoisotopic (exact) mass is 337 g/mol. The normalized spacial score (nSPS) is 11.0. The molecule has 0 amide bonds. The van der Waals surface area contributed by atoms with Crippen LogP contribution in [0.15, 0.2) is 47.4 Å². The second-order valence-corrected chi connectivity index (χ2v) is 6.66. The zero-order valence-corrected chi connectivity index (χ0v) is 14.3. The van der Waals surface area contributed by atoms with Gasteiger partial charge in [-0.05, 0) is 24.3 Å². The van der Waals surface area contributed by atoms with Crippen LogP contribution in [0.3, 0.4) is 0 Å². The smallest absolute Gasteiger partial charge is 0.264 e. The van der Waals surface area contributed by atoms with Gasteiger partial charge in [-0.25, -0.2) is 8.42 Å². The van der Waals surface area contributed by atoms with E-state index in [1.54, 1.807) is 30.3 Å². The number of methoxy groups -OCH3 is 3. The Morgan fingerprint density at radius 3 is 2.17 bits per heavy atom. The molecule has 2 rings (SSSR count). The fourth-order valence-corrected chi connectivity index (χ4v) is 3.28. The molecule has 23 heavy (non-hydrogen) atoms. The van der Waals surface area contributed by atoms with Crippen LogP contribution in [0.2, 0.25) is 0 Å². The summed E-state index contributed by atoms with van der Waals surface area (Å²) in [5, 5.41) is 0. The summed E-state index contributed by atoms with van der Waals surface area (Å²) in [6.45, 7) is 0. The average Bonchev–Trinajstić information content (AvgIpc) is 2.60. The lowest BCUT2D eigenvalue weighted by Gasteiger charge is -2.20. The van der Waals surface area contributed by atoms with Crippen LogP contribution in [0.1, 0.15) is 0 Å². The Hall–Kier alpha value is -2.41. The van der Waals surface area contributed by atoms with Crippen molar-refractivity contribution < 1.29 is 22.6 Å². The van der Waals surface area contributed by atoms with E-state index in [4.69, 9.17) is 14.2 Å². The van der Waals surface area contributed by atoms with Crippen molar-refractivity contribution in [1.82, 2.24) is 0 Å². The third-order valence-corrected chi connectivity index (χ3v) is 5.21. The van der Waals surface area contributed by atoms with Crippen LogP contribution >= 0.6 is 0 Å². The van der Waals surface area contributed by atoms with E-state index in [2.05, 4.69) is 0 Å². The van der Waals surface area contributed by atoms with Crippen LogP contribution in [0.4, 0.5) is 5.69 Å². The predicted octanol–water partition coefficient (Wildman–Crippen LogP) is 2.54. The minimum absolute atomic E-state index is 0.112. The van der Waals surface area contributed by atoms with Crippen molar-refractivity contribution in [3.63, 3.8) is 0 Å². The molecule has 0 atom stereocenters. The van der Waals surface area contributed by atoms with E-state index in [1.165, 1.54) is 44.8 Å². The van der Waals surface area contributed by atoms with Gasteiger partial charge in [-0.2, -0.15) is 0 Å². The van der Waals surface area contributed by atoms with E-state index >= 15 is 0 Å². The van der Waals surface area contributed by atoms with Crippen molar-refractivity contribution in [3.8, 4) is 17.2 Å². The predicted molar refractivity (Wildman–Crippen MR) is 88.1 cm³/mol. The second kappa shape index (κ2) is 6.78. The maximum Gasteiger partial charge on any atom is 0.264 e. The van der Waals surface area contributed by atoms with E-state index in [1.807, 2.05) is 0 Å². The first kappa shape index (κ1) is 17.0. The molecular formula is C16H19NO5S. The molecule has 0 saturated heterocycles. The molecule has 2 aromatic carbocycles. The minimum Gasteiger partial charge on any atom is -0.497 e. The maximum atomic E-state index is 12.8. The quantitative estimate of drug-likeness (QED) is 0.810. The summed E-state index contributed by atoms with van der Waals surface area (Å²) < 4.78 is 42.2. The number of nitrogens with zero attached hydrogens (tertiary/aromatic N) is 1. The van der Waals surface area contributed by atoms with E-state index in [0.29, 0.717) is 22.9 Å². The molecule has 0 aliphatic heterocycles. The molecule has 0 spiro atoms. The highest BCUT2D eigenvalue weighted by Crippen LogP contribution is 2.32. The second-order valence-electron chi connectivity index (χ2n) is 4.69. The van der Waals surface area contributed by atoms with Crippen molar-refractivity contribution in [2.24, 2.45) is 0 Å². The number of benzene rings is 2. The summed E-state index contributed by atoms with van der Waals surface area (Å²) in [5.41, 5.74) is 0.499. The highest BCUT2D eigenvalue weighted by atomic mass is 32.2. The van der Waals surface area contributed by atoms with E-state index in [-0.39, 0.29) is 4.90 Å². The lowest BCUT2D eigenvalue weighted by Crippen LogP contribution is -2.26. The third-order valence-electron chi connectivity index (χ3n) is 3.43. The van der Waals surface area contributed by atoms with Crippen LogP contribution in [0, 0.1) is 0 Å². The van der Waals surface area contributed by atoms with E-state index < -0.39 is 10.0 Å². The van der Waals surface area contributed by atoms with Gasteiger partial charge in [0, 0.05) is 19.2 Å². The molecule has 6 nitrogen and oxygen atoms in total. The van der Waals surface area contributed by atoms with Gasteiger partial charge in [0.15, 0.2) is 11.5 Å². The fourth-order valence-electron chi connectivity index (χ4n) is 2.08. The lowest BCUT2D eigenvalue weighted by atomic mass is 10.3. The molecule has 0 radical (unpaired) electrons. The summed E-state index contributed by atoms with van der Waals surface area (Å²) in [4.78, 5) is 0.112.